The molecule has 0 aliphatic rings. The van der Waals surface area contributed by atoms with Crippen LogP contribution < -0.4 is 10.6 Å². The second-order valence-electron chi connectivity index (χ2n) is 5.39. The van der Waals surface area contributed by atoms with E-state index in [1.54, 1.807) is 29.8 Å². The number of nitrogens with zero attached hydrogens (tertiary/aromatic N) is 4. The lowest BCUT2D eigenvalue weighted by atomic mass is 10.3. The first-order chi connectivity index (χ1) is 12.8. The molecule has 4 aromatic rings. The Kier molecular flexibility index (Phi) is 5.04. The van der Waals surface area contributed by atoms with E-state index in [9.17, 15) is 0 Å². The maximum Gasteiger partial charge on any atom is 0.245 e. The molecule has 8 nitrogen and oxygen atoms in total. The summed E-state index contributed by atoms with van der Waals surface area (Å²) in [6.07, 6.45) is -0.0759. The van der Waals surface area contributed by atoms with E-state index in [0.29, 0.717) is 36.0 Å². The van der Waals surface area contributed by atoms with Gasteiger partial charge >= 0.3 is 0 Å². The number of rotatable bonds is 8. The highest BCUT2D eigenvalue weighted by Gasteiger charge is 2.16. The Morgan fingerprint density at radius 3 is 2.42 bits per heavy atom. The lowest BCUT2D eigenvalue weighted by Gasteiger charge is -2.16. The summed E-state index contributed by atoms with van der Waals surface area (Å²) in [5.74, 6) is 1.19. The van der Waals surface area contributed by atoms with E-state index < -0.39 is 0 Å². The van der Waals surface area contributed by atoms with Crippen molar-refractivity contribution in [2.75, 3.05) is 24.3 Å². The van der Waals surface area contributed by atoms with E-state index in [4.69, 9.17) is 9.37 Å². The minimum absolute atomic E-state index is 0.0759. The van der Waals surface area contributed by atoms with Crippen molar-refractivity contribution in [2.24, 2.45) is 0 Å². The van der Waals surface area contributed by atoms with E-state index in [-0.39, 0.29) is 6.10 Å². The molecule has 26 heavy (non-hydrogen) atoms. The van der Waals surface area contributed by atoms with Crippen LogP contribution in [0.25, 0.3) is 11.3 Å². The van der Waals surface area contributed by atoms with Gasteiger partial charge in [-0.15, -0.1) is 22.7 Å². The molecule has 10 heteroatoms. The molecule has 4 rings (SSSR count). The minimum atomic E-state index is -0.0759. The smallest absolute Gasteiger partial charge is 0.245 e. The van der Waals surface area contributed by atoms with Crippen LogP contribution in [0.15, 0.2) is 39.7 Å². The fraction of sp³-hybridized carbons (Fsp3) is 0.250. The lowest BCUT2D eigenvalue weighted by Crippen LogP contribution is -2.16. The zero-order valence-corrected chi connectivity index (χ0v) is 15.5. The third-order valence-electron chi connectivity index (χ3n) is 3.72. The highest BCUT2D eigenvalue weighted by Crippen LogP contribution is 2.25. The highest BCUT2D eigenvalue weighted by atomic mass is 32.1. The van der Waals surface area contributed by atoms with Gasteiger partial charge in [0.05, 0.1) is 6.54 Å². The number of aromatic nitrogens is 4. The Morgan fingerprint density at radius 2 is 1.77 bits per heavy atom. The van der Waals surface area contributed by atoms with Crippen molar-refractivity contribution in [1.29, 1.82) is 0 Å². The van der Waals surface area contributed by atoms with Crippen molar-refractivity contribution in [2.45, 2.75) is 12.6 Å². The molecule has 1 atom stereocenters. The molecule has 0 bridgehead atoms. The highest BCUT2D eigenvalue weighted by molar-refractivity contribution is 7.10. The van der Waals surface area contributed by atoms with Crippen LogP contribution in [0.4, 0.5) is 11.6 Å². The van der Waals surface area contributed by atoms with Gasteiger partial charge in [-0.3, -0.25) is 0 Å². The summed E-state index contributed by atoms with van der Waals surface area (Å²) >= 11 is 3.33. The van der Waals surface area contributed by atoms with Gasteiger partial charge in [-0.25, -0.2) is 14.6 Å². The van der Waals surface area contributed by atoms with Gasteiger partial charge in [-0.05, 0) is 33.2 Å². The number of methoxy groups -OCH3 is 1. The summed E-state index contributed by atoms with van der Waals surface area (Å²) in [6, 6.07) is 8.13. The Balaban J connectivity index is 1.54. The van der Waals surface area contributed by atoms with Crippen LogP contribution in [0.2, 0.25) is 0 Å². The Labute approximate surface area is 157 Å². The quantitative estimate of drug-likeness (QED) is 0.473. The van der Waals surface area contributed by atoms with Crippen LogP contribution in [0.5, 0.6) is 0 Å². The number of ether oxygens (including phenoxy) is 1. The average Bonchev–Trinajstić information content (AvgIpc) is 3.41. The summed E-state index contributed by atoms with van der Waals surface area (Å²) < 4.78 is 10.3. The number of nitrogens with one attached hydrogen (secondary N) is 2. The Hall–Kier alpha value is -2.56. The van der Waals surface area contributed by atoms with Crippen LogP contribution >= 0.6 is 22.7 Å². The van der Waals surface area contributed by atoms with Crippen LogP contribution in [0.3, 0.4) is 0 Å². The molecular formula is C16H16N6O2S2. The van der Waals surface area contributed by atoms with Gasteiger partial charge in [0.15, 0.2) is 11.6 Å². The van der Waals surface area contributed by atoms with E-state index in [0.717, 1.165) is 4.88 Å². The molecule has 0 saturated heterocycles. The molecule has 0 radical (unpaired) electrons. The molecule has 4 aromatic heterocycles. The van der Waals surface area contributed by atoms with Crippen molar-refractivity contribution in [1.82, 2.24) is 20.3 Å². The standard InChI is InChI=1S/C16H16N6O2S2/c1-23-11(12-5-3-7-26-12)9-18-14-13(17-8-10-4-2-6-25-10)19-15-16(20-14)22-24-21-15/h2-7,11H,8-9H2,1H3,(H,17,19,21)(H,18,20,22). The van der Waals surface area contributed by atoms with Crippen molar-refractivity contribution >= 4 is 45.6 Å². The first-order valence-electron chi connectivity index (χ1n) is 7.90. The van der Waals surface area contributed by atoms with Gasteiger partial charge in [-0.1, -0.05) is 12.1 Å². The van der Waals surface area contributed by atoms with E-state index in [1.165, 1.54) is 4.88 Å². The topological polar surface area (TPSA) is 98.0 Å². The lowest BCUT2D eigenvalue weighted by molar-refractivity contribution is 0.117. The van der Waals surface area contributed by atoms with Gasteiger partial charge < -0.3 is 15.4 Å². The second-order valence-corrected chi connectivity index (χ2v) is 7.40. The molecule has 0 aliphatic heterocycles. The van der Waals surface area contributed by atoms with Crippen LogP contribution in [-0.4, -0.2) is 33.9 Å². The van der Waals surface area contributed by atoms with Crippen LogP contribution in [-0.2, 0) is 11.3 Å². The normalized spacial score (nSPS) is 12.3. The number of anilines is 2. The number of thiophene rings is 2. The summed E-state index contributed by atoms with van der Waals surface area (Å²) in [6.45, 7) is 1.20. The van der Waals surface area contributed by atoms with Gasteiger partial charge in [-0.2, -0.15) is 0 Å². The molecule has 0 saturated carbocycles. The number of hydrogen-bond donors (Lipinski definition) is 2. The van der Waals surface area contributed by atoms with E-state index in [2.05, 4.69) is 37.0 Å². The maximum atomic E-state index is 5.58. The Bertz CT molecular complexity index is 955. The fourth-order valence-electron chi connectivity index (χ4n) is 2.43. The van der Waals surface area contributed by atoms with Gasteiger partial charge in [0.25, 0.3) is 0 Å². The molecule has 0 aliphatic carbocycles. The molecular weight excluding hydrogens is 372 g/mol. The summed E-state index contributed by atoms with van der Waals surface area (Å²) in [4.78, 5) is 11.3. The van der Waals surface area contributed by atoms with Crippen molar-refractivity contribution in [3.63, 3.8) is 0 Å². The molecule has 4 heterocycles. The van der Waals surface area contributed by atoms with E-state index in [1.807, 2.05) is 29.0 Å². The first kappa shape index (κ1) is 16.9. The second kappa shape index (κ2) is 7.77. The first-order valence-corrected chi connectivity index (χ1v) is 9.66. The third-order valence-corrected chi connectivity index (χ3v) is 5.57. The van der Waals surface area contributed by atoms with Crippen molar-refractivity contribution in [3.8, 4) is 0 Å². The fourth-order valence-corrected chi connectivity index (χ4v) is 3.88. The van der Waals surface area contributed by atoms with Crippen LogP contribution in [0, 0.1) is 0 Å². The molecule has 134 valence electrons. The SMILES string of the molecule is COC(CNc1nc2nonc2nc1NCc1cccs1)c1cccs1. The number of fused-ring (bicyclic) bond motifs is 1. The third kappa shape index (κ3) is 3.66. The monoisotopic (exact) mass is 388 g/mol. The Morgan fingerprint density at radius 1 is 1.04 bits per heavy atom. The van der Waals surface area contributed by atoms with Gasteiger partial charge in [0.2, 0.25) is 11.3 Å². The predicted molar refractivity (Wildman–Crippen MR) is 102 cm³/mol. The molecule has 0 aromatic carbocycles. The molecule has 0 spiro atoms. The zero-order valence-electron chi connectivity index (χ0n) is 13.9. The van der Waals surface area contributed by atoms with Crippen molar-refractivity contribution in [3.05, 3.63) is 44.8 Å². The minimum Gasteiger partial charge on any atom is -0.374 e. The average molecular weight is 388 g/mol. The number of hydrogen-bond acceptors (Lipinski definition) is 10. The predicted octanol–water partition coefficient (Wildman–Crippen LogP) is 3.55. The summed E-state index contributed by atoms with van der Waals surface area (Å²) in [5.41, 5.74) is 0.727. The molecule has 2 N–H and O–H groups in total. The van der Waals surface area contributed by atoms with Crippen LogP contribution in [0.1, 0.15) is 15.9 Å². The summed E-state index contributed by atoms with van der Waals surface area (Å²) in [7, 11) is 1.69. The molecule has 0 amide bonds. The molecule has 0 fully saturated rings. The maximum absolute atomic E-state index is 5.58. The van der Waals surface area contributed by atoms with Gasteiger partial charge in [0.1, 0.15) is 6.10 Å². The largest absolute Gasteiger partial charge is 0.374 e. The zero-order chi connectivity index (χ0) is 17.8. The summed E-state index contributed by atoms with van der Waals surface area (Å²) in [5, 5.41) is 18.2. The molecule has 1 unspecified atom stereocenters. The van der Waals surface area contributed by atoms with Crippen molar-refractivity contribution < 1.29 is 9.37 Å². The van der Waals surface area contributed by atoms with Gasteiger partial charge in [0, 0.05) is 23.4 Å². The van der Waals surface area contributed by atoms with E-state index >= 15 is 0 Å².